The smallest absolute Gasteiger partial charge is 0.159 e. The maximum Gasteiger partial charge on any atom is 0.159 e. The third kappa shape index (κ3) is 4.61. The van der Waals surface area contributed by atoms with Crippen molar-refractivity contribution in [3.05, 3.63) is 47.5 Å². The van der Waals surface area contributed by atoms with Crippen LogP contribution in [-0.4, -0.2) is 23.8 Å². The Balaban J connectivity index is 1.99. The van der Waals surface area contributed by atoms with Gasteiger partial charge < -0.3 is 0 Å². The van der Waals surface area contributed by atoms with Crippen molar-refractivity contribution in [2.24, 2.45) is 0 Å². The first-order chi connectivity index (χ1) is 9.79. The van der Waals surface area contributed by atoms with Crippen molar-refractivity contribution >= 4 is 5.78 Å². The number of allylic oxidation sites excluding steroid dienone is 1. The summed E-state index contributed by atoms with van der Waals surface area (Å²) in [6.45, 7) is 4.97. The van der Waals surface area contributed by atoms with Gasteiger partial charge in [-0.25, -0.2) is 0 Å². The topological polar surface area (TPSA) is 20.3 Å². The molecule has 0 aromatic heterocycles. The average Bonchev–Trinajstić information content (AvgIpc) is 2.63. The summed E-state index contributed by atoms with van der Waals surface area (Å²) >= 11 is 0. The minimum Gasteiger partial charge on any atom is -0.295 e. The first-order valence-corrected chi connectivity index (χ1v) is 7.78. The van der Waals surface area contributed by atoms with Crippen LogP contribution in [0.3, 0.4) is 0 Å². The number of hydrogen-bond donors (Lipinski definition) is 0. The lowest BCUT2D eigenvalue weighted by Gasteiger charge is -2.20. The number of carbonyl (C=O) groups excluding carboxylic acids is 1. The molecular formula is C18H25NO. The highest BCUT2D eigenvalue weighted by atomic mass is 16.1. The molecular weight excluding hydrogens is 246 g/mol. The van der Waals surface area contributed by atoms with Crippen molar-refractivity contribution in [2.75, 3.05) is 13.1 Å². The van der Waals surface area contributed by atoms with Crippen LogP contribution in [0.25, 0.3) is 0 Å². The molecule has 2 nitrogen and oxygen atoms in total. The van der Waals surface area contributed by atoms with Gasteiger partial charge in [0.1, 0.15) is 0 Å². The quantitative estimate of drug-likeness (QED) is 0.596. The standard InChI is InChI=1S/C18H25NO/c1-2-3-5-11-17-15-19(13-8-12-18(17)20)14-16-9-6-4-7-10-16/h4,6-7,9-11H,2-3,5,8,12-15H2,1H3/b17-11+. The van der Waals surface area contributed by atoms with Crippen LogP contribution in [0.15, 0.2) is 42.0 Å². The Hall–Kier alpha value is -1.41. The van der Waals surface area contributed by atoms with E-state index in [1.807, 2.05) is 6.07 Å². The molecule has 0 spiro atoms. The summed E-state index contributed by atoms with van der Waals surface area (Å²) in [6.07, 6.45) is 7.27. The Morgan fingerprint density at radius 2 is 2.05 bits per heavy atom. The van der Waals surface area contributed by atoms with Gasteiger partial charge in [-0.15, -0.1) is 0 Å². The summed E-state index contributed by atoms with van der Waals surface area (Å²) in [5.41, 5.74) is 2.36. The van der Waals surface area contributed by atoms with E-state index in [0.29, 0.717) is 12.2 Å². The molecule has 1 heterocycles. The first-order valence-electron chi connectivity index (χ1n) is 7.78. The molecule has 0 aliphatic carbocycles. The summed E-state index contributed by atoms with van der Waals surface area (Å²) in [4.78, 5) is 14.5. The van der Waals surface area contributed by atoms with Gasteiger partial charge in [0, 0.05) is 25.1 Å². The molecule has 0 unspecified atom stereocenters. The van der Waals surface area contributed by atoms with Crippen molar-refractivity contribution in [1.29, 1.82) is 0 Å². The van der Waals surface area contributed by atoms with E-state index >= 15 is 0 Å². The summed E-state index contributed by atoms with van der Waals surface area (Å²) in [6, 6.07) is 10.5. The lowest BCUT2D eigenvalue weighted by molar-refractivity contribution is -0.115. The zero-order valence-corrected chi connectivity index (χ0v) is 12.5. The fraction of sp³-hybridized carbons (Fsp3) is 0.500. The number of ketones is 1. The van der Waals surface area contributed by atoms with Gasteiger partial charge in [0.05, 0.1) is 0 Å². The molecule has 108 valence electrons. The molecule has 1 aliphatic heterocycles. The highest BCUT2D eigenvalue weighted by Gasteiger charge is 2.18. The molecule has 0 N–H and O–H groups in total. The SMILES string of the molecule is CCCC/C=C1\CN(Cc2ccccc2)CCCC1=O. The van der Waals surface area contributed by atoms with Crippen LogP contribution in [0.5, 0.6) is 0 Å². The third-order valence-electron chi connectivity index (χ3n) is 3.83. The molecule has 1 aliphatic rings. The largest absolute Gasteiger partial charge is 0.295 e. The van der Waals surface area contributed by atoms with E-state index in [-0.39, 0.29) is 0 Å². The van der Waals surface area contributed by atoms with Crippen molar-refractivity contribution in [3.8, 4) is 0 Å². The Labute approximate surface area is 122 Å². The minimum atomic E-state index is 0.358. The van der Waals surface area contributed by atoms with Gasteiger partial charge in [-0.3, -0.25) is 9.69 Å². The molecule has 20 heavy (non-hydrogen) atoms. The molecule has 0 atom stereocenters. The number of carbonyl (C=O) groups is 1. The second kappa shape index (κ2) is 8.01. The van der Waals surface area contributed by atoms with Gasteiger partial charge in [0.2, 0.25) is 0 Å². The van der Waals surface area contributed by atoms with Crippen LogP contribution in [-0.2, 0) is 11.3 Å². The highest BCUT2D eigenvalue weighted by molar-refractivity contribution is 5.95. The summed E-state index contributed by atoms with van der Waals surface area (Å²) in [7, 11) is 0. The summed E-state index contributed by atoms with van der Waals surface area (Å²) < 4.78 is 0. The maximum absolute atomic E-state index is 12.1. The molecule has 1 aromatic rings. The van der Waals surface area contributed by atoms with E-state index in [1.54, 1.807) is 0 Å². The van der Waals surface area contributed by atoms with E-state index in [1.165, 1.54) is 18.4 Å². The number of unbranched alkanes of at least 4 members (excludes halogenated alkanes) is 2. The van der Waals surface area contributed by atoms with Gasteiger partial charge >= 0.3 is 0 Å². The maximum atomic E-state index is 12.1. The molecule has 1 fully saturated rings. The van der Waals surface area contributed by atoms with Crippen LogP contribution < -0.4 is 0 Å². The van der Waals surface area contributed by atoms with Crippen LogP contribution >= 0.6 is 0 Å². The summed E-state index contributed by atoms with van der Waals surface area (Å²) in [5, 5.41) is 0. The van der Waals surface area contributed by atoms with E-state index in [0.717, 1.165) is 38.0 Å². The second-order valence-corrected chi connectivity index (χ2v) is 5.59. The molecule has 0 radical (unpaired) electrons. The Morgan fingerprint density at radius 1 is 1.25 bits per heavy atom. The zero-order chi connectivity index (χ0) is 14.2. The molecule has 2 rings (SSSR count). The van der Waals surface area contributed by atoms with Crippen LogP contribution in [0, 0.1) is 0 Å². The lowest BCUT2D eigenvalue weighted by Crippen LogP contribution is -2.25. The van der Waals surface area contributed by atoms with E-state index < -0.39 is 0 Å². The molecule has 2 heteroatoms. The van der Waals surface area contributed by atoms with E-state index in [2.05, 4.69) is 42.2 Å². The Bertz CT molecular complexity index is 450. The first kappa shape index (κ1) is 15.0. The van der Waals surface area contributed by atoms with E-state index in [4.69, 9.17) is 0 Å². The average molecular weight is 271 g/mol. The zero-order valence-electron chi connectivity index (χ0n) is 12.5. The van der Waals surface area contributed by atoms with Gasteiger partial charge in [-0.1, -0.05) is 56.2 Å². The minimum absolute atomic E-state index is 0.358. The normalized spacial score (nSPS) is 19.2. The third-order valence-corrected chi connectivity index (χ3v) is 3.83. The monoisotopic (exact) mass is 271 g/mol. The van der Waals surface area contributed by atoms with Gasteiger partial charge in [-0.05, 0) is 24.9 Å². The van der Waals surface area contributed by atoms with Gasteiger partial charge in [-0.2, -0.15) is 0 Å². The van der Waals surface area contributed by atoms with Gasteiger partial charge in [0.15, 0.2) is 5.78 Å². The molecule has 0 amide bonds. The van der Waals surface area contributed by atoms with Crippen molar-refractivity contribution in [1.82, 2.24) is 4.90 Å². The van der Waals surface area contributed by atoms with Crippen LogP contribution in [0.1, 0.15) is 44.6 Å². The van der Waals surface area contributed by atoms with Crippen LogP contribution in [0.2, 0.25) is 0 Å². The number of nitrogens with zero attached hydrogens (tertiary/aromatic N) is 1. The van der Waals surface area contributed by atoms with Crippen molar-refractivity contribution in [3.63, 3.8) is 0 Å². The second-order valence-electron chi connectivity index (χ2n) is 5.59. The fourth-order valence-corrected chi connectivity index (χ4v) is 2.67. The van der Waals surface area contributed by atoms with Crippen molar-refractivity contribution < 1.29 is 4.79 Å². The molecule has 0 saturated carbocycles. The molecule has 0 bridgehead atoms. The van der Waals surface area contributed by atoms with E-state index in [9.17, 15) is 4.79 Å². The lowest BCUT2D eigenvalue weighted by atomic mass is 10.1. The molecule has 1 saturated heterocycles. The number of hydrogen-bond acceptors (Lipinski definition) is 2. The predicted octanol–water partition coefficient (Wildman–Crippen LogP) is 3.97. The van der Waals surface area contributed by atoms with Crippen molar-refractivity contribution in [2.45, 2.75) is 45.6 Å². The number of likely N-dealkylation sites (tertiary alicyclic amines) is 1. The summed E-state index contributed by atoms with van der Waals surface area (Å²) in [5.74, 6) is 0.358. The van der Waals surface area contributed by atoms with Crippen LogP contribution in [0.4, 0.5) is 0 Å². The number of rotatable bonds is 5. The number of Topliss-reactive ketones (excluding diaryl/α,β-unsaturated/α-hetero) is 1. The highest BCUT2D eigenvalue weighted by Crippen LogP contribution is 2.16. The fourth-order valence-electron chi connectivity index (χ4n) is 2.67. The molecule has 1 aromatic carbocycles. The number of benzene rings is 1. The van der Waals surface area contributed by atoms with Gasteiger partial charge in [0.25, 0.3) is 0 Å². The predicted molar refractivity (Wildman–Crippen MR) is 83.6 cm³/mol. The Morgan fingerprint density at radius 3 is 2.80 bits per heavy atom. The Kier molecular flexibility index (Phi) is 6.00.